The fourth-order valence-corrected chi connectivity index (χ4v) is 2.57. The molecule has 2 aromatic rings. The molecule has 0 spiro atoms. The molecule has 1 aromatic carbocycles. The summed E-state index contributed by atoms with van der Waals surface area (Å²) in [6.07, 6.45) is 1.90. The van der Waals surface area contributed by atoms with E-state index in [0.717, 1.165) is 5.56 Å². The molecular weight excluding hydrogens is 386 g/mol. The van der Waals surface area contributed by atoms with E-state index in [9.17, 15) is 4.79 Å². The summed E-state index contributed by atoms with van der Waals surface area (Å²) in [6, 6.07) is 9.28. The number of nitrogens with two attached hydrogens (primary N) is 1. The van der Waals surface area contributed by atoms with E-state index < -0.39 is 13.4 Å². The zero-order chi connectivity index (χ0) is 19.6. The normalized spacial score (nSPS) is 11.6. The SMILES string of the molecule is CN(Cc1ccccc1)C(=O)Cn1nnnc1C(N)CCCCOB(O)O.Cl. The van der Waals surface area contributed by atoms with E-state index in [4.69, 9.17) is 15.8 Å². The molecule has 0 aliphatic carbocycles. The minimum Gasteiger partial charge on any atom is -0.402 e. The average Bonchev–Trinajstić information content (AvgIpc) is 3.10. The van der Waals surface area contributed by atoms with Crippen LogP contribution >= 0.6 is 12.4 Å². The van der Waals surface area contributed by atoms with Crippen LogP contribution in [-0.4, -0.2) is 62.0 Å². The van der Waals surface area contributed by atoms with Gasteiger partial charge in [-0.15, -0.1) is 17.5 Å². The molecule has 1 unspecified atom stereocenters. The third-order valence-electron chi connectivity index (χ3n) is 4.04. The van der Waals surface area contributed by atoms with Crippen molar-refractivity contribution in [2.75, 3.05) is 13.7 Å². The van der Waals surface area contributed by atoms with Crippen LogP contribution in [0.5, 0.6) is 0 Å². The number of hydrogen-bond donors (Lipinski definition) is 3. The van der Waals surface area contributed by atoms with Gasteiger partial charge in [0.1, 0.15) is 6.54 Å². The maximum absolute atomic E-state index is 12.5. The lowest BCUT2D eigenvalue weighted by atomic mass is 10.1. The highest BCUT2D eigenvalue weighted by atomic mass is 35.5. The number of aromatic nitrogens is 4. The predicted octanol–water partition coefficient (Wildman–Crippen LogP) is -0.0903. The second-order valence-electron chi connectivity index (χ2n) is 6.23. The summed E-state index contributed by atoms with van der Waals surface area (Å²) in [7, 11) is -0.0284. The van der Waals surface area contributed by atoms with Gasteiger partial charge in [0.2, 0.25) is 5.91 Å². The van der Waals surface area contributed by atoms with E-state index >= 15 is 0 Å². The summed E-state index contributed by atoms with van der Waals surface area (Å²) in [6.45, 7) is 0.733. The number of nitrogens with zero attached hydrogens (tertiary/aromatic N) is 5. The van der Waals surface area contributed by atoms with Gasteiger partial charge in [0.15, 0.2) is 5.82 Å². The Bertz CT molecular complexity index is 705. The van der Waals surface area contributed by atoms with Gasteiger partial charge in [-0.2, -0.15) is 0 Å². The number of carbonyl (C=O) groups is 1. The molecular formula is C16H26BClN6O4. The molecule has 10 nitrogen and oxygen atoms in total. The number of rotatable bonds is 11. The first kappa shape index (κ1) is 24.0. The number of tetrazole rings is 1. The van der Waals surface area contributed by atoms with Gasteiger partial charge in [0.25, 0.3) is 0 Å². The first-order valence-corrected chi connectivity index (χ1v) is 8.74. The van der Waals surface area contributed by atoms with E-state index in [1.54, 1.807) is 11.9 Å². The molecule has 0 saturated heterocycles. The zero-order valence-corrected chi connectivity index (χ0v) is 16.5. The predicted molar refractivity (Wildman–Crippen MR) is 105 cm³/mol. The number of carbonyl (C=O) groups excluding carboxylic acids is 1. The third-order valence-corrected chi connectivity index (χ3v) is 4.04. The van der Waals surface area contributed by atoms with E-state index in [2.05, 4.69) is 20.2 Å². The molecule has 4 N–H and O–H groups in total. The van der Waals surface area contributed by atoms with Crippen LogP contribution in [-0.2, 0) is 22.5 Å². The van der Waals surface area contributed by atoms with Crippen LogP contribution < -0.4 is 5.73 Å². The highest BCUT2D eigenvalue weighted by Gasteiger charge is 2.19. The van der Waals surface area contributed by atoms with Crippen LogP contribution in [0.1, 0.15) is 36.7 Å². The minimum absolute atomic E-state index is 0. The summed E-state index contributed by atoms with van der Waals surface area (Å²) in [5.74, 6) is 0.324. The van der Waals surface area contributed by atoms with Crippen molar-refractivity contribution in [1.29, 1.82) is 0 Å². The summed E-state index contributed by atoms with van der Waals surface area (Å²) < 4.78 is 6.06. The Hall–Kier alpha value is -2.05. The molecule has 1 amide bonds. The molecule has 28 heavy (non-hydrogen) atoms. The molecule has 1 aromatic heterocycles. The van der Waals surface area contributed by atoms with E-state index in [1.807, 2.05) is 30.3 Å². The maximum Gasteiger partial charge on any atom is 0.633 e. The summed E-state index contributed by atoms with van der Waals surface area (Å²) in [4.78, 5) is 14.1. The number of amides is 1. The molecule has 12 heteroatoms. The van der Waals surface area contributed by atoms with Crippen molar-refractivity contribution in [2.45, 2.75) is 38.4 Å². The lowest BCUT2D eigenvalue weighted by Gasteiger charge is -2.18. The largest absolute Gasteiger partial charge is 0.633 e. The van der Waals surface area contributed by atoms with Crippen LogP contribution in [0.3, 0.4) is 0 Å². The Labute approximate surface area is 170 Å². The molecule has 0 fully saturated rings. The zero-order valence-electron chi connectivity index (χ0n) is 15.7. The monoisotopic (exact) mass is 412 g/mol. The summed E-state index contributed by atoms with van der Waals surface area (Å²) >= 11 is 0. The van der Waals surface area contributed by atoms with Crippen molar-refractivity contribution >= 4 is 25.6 Å². The fourth-order valence-electron chi connectivity index (χ4n) is 2.57. The summed E-state index contributed by atoms with van der Waals surface area (Å²) in [5.41, 5.74) is 7.17. The molecule has 0 bridgehead atoms. The Morgan fingerprint density at radius 3 is 2.71 bits per heavy atom. The van der Waals surface area contributed by atoms with Gasteiger partial charge < -0.3 is 25.3 Å². The van der Waals surface area contributed by atoms with Crippen molar-refractivity contribution in [3.63, 3.8) is 0 Å². The molecule has 154 valence electrons. The molecule has 1 atom stereocenters. The number of hydrogen-bond acceptors (Lipinski definition) is 8. The van der Waals surface area contributed by atoms with Gasteiger partial charge in [-0.05, 0) is 35.3 Å². The molecule has 0 aliphatic heterocycles. The van der Waals surface area contributed by atoms with Crippen LogP contribution in [0.2, 0.25) is 0 Å². The smallest absolute Gasteiger partial charge is 0.402 e. The lowest BCUT2D eigenvalue weighted by molar-refractivity contribution is -0.131. The first-order chi connectivity index (χ1) is 13.0. The van der Waals surface area contributed by atoms with Gasteiger partial charge in [-0.1, -0.05) is 30.3 Å². The molecule has 0 saturated carbocycles. The first-order valence-electron chi connectivity index (χ1n) is 8.74. The highest BCUT2D eigenvalue weighted by molar-refractivity contribution is 6.32. The number of halogens is 1. The Kier molecular flexibility index (Phi) is 10.6. The van der Waals surface area contributed by atoms with Gasteiger partial charge in [-0.25, -0.2) is 4.68 Å². The van der Waals surface area contributed by atoms with Crippen LogP contribution in [0.15, 0.2) is 30.3 Å². The Morgan fingerprint density at radius 2 is 2.04 bits per heavy atom. The summed E-state index contributed by atoms with van der Waals surface area (Å²) in [5, 5.41) is 28.7. The minimum atomic E-state index is -1.76. The van der Waals surface area contributed by atoms with E-state index in [0.29, 0.717) is 31.6 Å². The number of benzene rings is 1. The van der Waals surface area contributed by atoms with Crippen molar-refractivity contribution in [1.82, 2.24) is 25.1 Å². The van der Waals surface area contributed by atoms with Crippen molar-refractivity contribution in [3.05, 3.63) is 41.7 Å². The second-order valence-corrected chi connectivity index (χ2v) is 6.23. The number of unbranched alkanes of at least 4 members (excludes halogenated alkanes) is 1. The van der Waals surface area contributed by atoms with Crippen LogP contribution in [0, 0.1) is 0 Å². The van der Waals surface area contributed by atoms with Gasteiger partial charge in [0.05, 0.1) is 6.04 Å². The maximum atomic E-state index is 12.5. The van der Waals surface area contributed by atoms with Crippen LogP contribution in [0.25, 0.3) is 0 Å². The Morgan fingerprint density at radius 1 is 1.32 bits per heavy atom. The molecule has 0 aliphatic rings. The van der Waals surface area contributed by atoms with Crippen molar-refractivity contribution < 1.29 is 19.5 Å². The number of likely N-dealkylation sites (N-methyl/N-ethyl adjacent to an activating group) is 1. The van der Waals surface area contributed by atoms with E-state index in [1.165, 1.54) is 4.68 Å². The van der Waals surface area contributed by atoms with E-state index in [-0.39, 0.29) is 31.5 Å². The molecule has 2 rings (SSSR count). The topological polar surface area (TPSA) is 140 Å². The fraction of sp³-hybridized carbons (Fsp3) is 0.500. The van der Waals surface area contributed by atoms with Gasteiger partial charge >= 0.3 is 7.32 Å². The van der Waals surface area contributed by atoms with Crippen molar-refractivity contribution in [2.24, 2.45) is 5.73 Å². The van der Waals surface area contributed by atoms with Crippen LogP contribution in [0.4, 0.5) is 0 Å². The third kappa shape index (κ3) is 7.91. The standard InChI is InChI=1S/C16H25BN6O4.ClH/c1-22(11-13-7-3-2-4-8-13)15(24)12-23-16(19-20-21-23)14(18)9-5-6-10-27-17(25)26;/h2-4,7-8,14,25-26H,5-6,9-12,18H2,1H3;1H. The molecule has 1 heterocycles. The van der Waals surface area contributed by atoms with Gasteiger partial charge in [-0.3, -0.25) is 4.79 Å². The highest BCUT2D eigenvalue weighted by Crippen LogP contribution is 2.14. The van der Waals surface area contributed by atoms with Gasteiger partial charge in [0, 0.05) is 20.2 Å². The lowest BCUT2D eigenvalue weighted by Crippen LogP contribution is -2.31. The second kappa shape index (κ2) is 12.4. The molecule has 0 radical (unpaired) electrons. The average molecular weight is 413 g/mol. The quantitative estimate of drug-likeness (QED) is 0.343. The Balaban J connectivity index is 0.00000392. The van der Waals surface area contributed by atoms with Crippen molar-refractivity contribution in [3.8, 4) is 0 Å².